The molecule has 176 valence electrons. The number of halogens is 1. The zero-order valence-corrected chi connectivity index (χ0v) is 20.2. The number of sulfone groups is 1. The number of rotatable bonds is 7. The summed E-state index contributed by atoms with van der Waals surface area (Å²) in [6.07, 6.45) is 13.3. The van der Waals surface area contributed by atoms with Gasteiger partial charge in [0.05, 0.1) is 34.8 Å². The van der Waals surface area contributed by atoms with Gasteiger partial charge in [-0.15, -0.1) is 0 Å². The Morgan fingerprint density at radius 3 is 2.61 bits per heavy atom. The molecule has 0 bridgehead atoms. The van der Waals surface area contributed by atoms with Crippen LogP contribution in [-0.4, -0.2) is 37.2 Å². The van der Waals surface area contributed by atoms with E-state index in [0.29, 0.717) is 41.8 Å². The average Bonchev–Trinajstić information content (AvgIpc) is 3.31. The first-order valence-electron chi connectivity index (χ1n) is 11.3. The predicted octanol–water partition coefficient (Wildman–Crippen LogP) is 4.99. The molecule has 1 fully saturated rings. The van der Waals surface area contributed by atoms with Crippen molar-refractivity contribution in [1.29, 1.82) is 0 Å². The number of nitrogens with zero attached hydrogens (tertiary/aromatic N) is 2. The van der Waals surface area contributed by atoms with Crippen molar-refractivity contribution in [3.05, 3.63) is 52.9 Å². The lowest BCUT2D eigenvalue weighted by Gasteiger charge is -2.21. The van der Waals surface area contributed by atoms with Crippen LogP contribution in [0.1, 0.15) is 62.1 Å². The Bertz CT molecular complexity index is 1140. The van der Waals surface area contributed by atoms with Crippen molar-refractivity contribution in [2.45, 2.75) is 55.8 Å². The van der Waals surface area contributed by atoms with Crippen molar-refractivity contribution in [3.8, 4) is 0 Å². The van der Waals surface area contributed by atoms with Crippen molar-refractivity contribution in [2.75, 3.05) is 18.2 Å². The number of benzene rings is 1. The van der Waals surface area contributed by atoms with E-state index in [0.717, 1.165) is 44.8 Å². The lowest BCUT2D eigenvalue weighted by atomic mass is 9.87. The number of aromatic nitrogens is 2. The molecule has 1 aliphatic heterocycles. The first-order valence-corrected chi connectivity index (χ1v) is 13.5. The molecule has 9 heteroatoms. The molecule has 1 amide bonds. The highest BCUT2D eigenvalue weighted by atomic mass is 35.5. The van der Waals surface area contributed by atoms with E-state index < -0.39 is 15.8 Å². The van der Waals surface area contributed by atoms with Gasteiger partial charge in [-0.3, -0.25) is 4.79 Å². The van der Waals surface area contributed by atoms with E-state index in [1.54, 1.807) is 18.3 Å². The van der Waals surface area contributed by atoms with Gasteiger partial charge in [0.1, 0.15) is 11.5 Å². The largest absolute Gasteiger partial charge is 0.492 e. The van der Waals surface area contributed by atoms with Gasteiger partial charge >= 0.3 is 0 Å². The number of anilines is 1. The van der Waals surface area contributed by atoms with Crippen LogP contribution in [0.3, 0.4) is 0 Å². The number of ether oxygens (including phenoxy) is 1. The van der Waals surface area contributed by atoms with Crippen molar-refractivity contribution in [3.63, 3.8) is 0 Å². The minimum absolute atomic E-state index is 0.0635. The number of allylic oxidation sites excluding steroid dienone is 1. The summed E-state index contributed by atoms with van der Waals surface area (Å²) in [6.45, 7) is 0.662. The quantitative estimate of drug-likeness (QED) is 0.588. The van der Waals surface area contributed by atoms with Crippen LogP contribution in [0.25, 0.3) is 5.76 Å². The van der Waals surface area contributed by atoms with Crippen LogP contribution >= 0.6 is 11.6 Å². The molecule has 2 heterocycles. The summed E-state index contributed by atoms with van der Waals surface area (Å²) in [4.78, 5) is 22.1. The molecule has 1 aromatic carbocycles. The summed E-state index contributed by atoms with van der Waals surface area (Å²) in [7, 11) is -3.45. The van der Waals surface area contributed by atoms with Crippen LogP contribution in [0, 0.1) is 5.92 Å². The molecule has 0 radical (unpaired) electrons. The molecule has 2 aromatic rings. The van der Waals surface area contributed by atoms with E-state index in [1.165, 1.54) is 12.3 Å². The molecule has 0 saturated heterocycles. The van der Waals surface area contributed by atoms with Gasteiger partial charge in [-0.2, -0.15) is 0 Å². The second-order valence-electron chi connectivity index (χ2n) is 8.74. The van der Waals surface area contributed by atoms with Crippen LogP contribution in [0.4, 0.5) is 5.82 Å². The van der Waals surface area contributed by atoms with Crippen molar-refractivity contribution in [2.24, 2.45) is 5.92 Å². The maximum Gasteiger partial charge on any atom is 0.233 e. The second kappa shape index (κ2) is 10.2. The smallest absolute Gasteiger partial charge is 0.233 e. The Hall–Kier alpha value is -2.45. The van der Waals surface area contributed by atoms with E-state index >= 15 is 0 Å². The molecular weight excluding hydrogens is 462 g/mol. The number of amides is 1. The molecule has 1 saturated carbocycles. The van der Waals surface area contributed by atoms with Gasteiger partial charge < -0.3 is 10.1 Å². The third-order valence-corrected chi connectivity index (χ3v) is 7.79. The lowest BCUT2D eigenvalue weighted by molar-refractivity contribution is -0.118. The molecule has 1 atom stereocenters. The minimum atomic E-state index is -3.45. The monoisotopic (exact) mass is 489 g/mol. The molecule has 7 nitrogen and oxygen atoms in total. The van der Waals surface area contributed by atoms with Crippen molar-refractivity contribution >= 4 is 38.9 Å². The highest BCUT2D eigenvalue weighted by molar-refractivity contribution is 7.90. The maximum atomic E-state index is 13.3. The van der Waals surface area contributed by atoms with E-state index in [2.05, 4.69) is 15.3 Å². The van der Waals surface area contributed by atoms with E-state index in [4.69, 9.17) is 16.3 Å². The van der Waals surface area contributed by atoms with Crippen LogP contribution in [0.2, 0.25) is 5.02 Å². The Kier molecular flexibility index (Phi) is 7.34. The molecule has 1 aliphatic carbocycles. The standard InChI is InChI=1S/C24H28ClN3O4S/c1-33(30,31)22-10-9-17(13-19(22)25)18(12-16-6-2-3-7-16)24(29)28-23-15-26-20(14-27-23)21-8-4-5-11-32-21/h8-10,13-16,18H,2-7,11-12H2,1H3,(H,27,28,29). The van der Waals surface area contributed by atoms with Crippen molar-refractivity contribution in [1.82, 2.24) is 9.97 Å². The van der Waals surface area contributed by atoms with Crippen LogP contribution in [0.15, 0.2) is 41.6 Å². The Balaban J connectivity index is 1.54. The predicted molar refractivity (Wildman–Crippen MR) is 128 cm³/mol. The summed E-state index contributed by atoms with van der Waals surface area (Å²) >= 11 is 6.28. The molecule has 0 spiro atoms. The summed E-state index contributed by atoms with van der Waals surface area (Å²) in [6, 6.07) is 4.76. The molecule has 4 rings (SSSR count). The topological polar surface area (TPSA) is 98.2 Å². The van der Waals surface area contributed by atoms with Gasteiger partial charge in [-0.25, -0.2) is 18.4 Å². The third kappa shape index (κ3) is 5.92. The molecule has 1 N–H and O–H groups in total. The maximum absolute atomic E-state index is 13.3. The first kappa shape index (κ1) is 23.7. The molecule has 1 aromatic heterocycles. The fourth-order valence-electron chi connectivity index (χ4n) is 4.48. The fourth-order valence-corrected chi connectivity index (χ4v) is 5.82. The first-order chi connectivity index (χ1) is 15.8. The van der Waals surface area contributed by atoms with Gasteiger partial charge in [0.2, 0.25) is 5.91 Å². The van der Waals surface area contributed by atoms with Crippen LogP contribution < -0.4 is 5.32 Å². The van der Waals surface area contributed by atoms with Gasteiger partial charge in [0.15, 0.2) is 15.7 Å². The Labute approximate surface area is 199 Å². The summed E-state index contributed by atoms with van der Waals surface area (Å²) in [5.74, 6) is 0.838. The fraction of sp³-hybridized carbons (Fsp3) is 0.458. The highest BCUT2D eigenvalue weighted by Crippen LogP contribution is 2.36. The second-order valence-corrected chi connectivity index (χ2v) is 11.1. The van der Waals surface area contributed by atoms with Crippen LogP contribution in [-0.2, 0) is 19.4 Å². The Morgan fingerprint density at radius 1 is 1.21 bits per heavy atom. The summed E-state index contributed by atoms with van der Waals surface area (Å²) in [5.41, 5.74) is 1.33. The molecular formula is C24H28ClN3O4S. The van der Waals surface area contributed by atoms with Gasteiger partial charge in [0.25, 0.3) is 0 Å². The number of carbonyl (C=O) groups is 1. The lowest BCUT2D eigenvalue weighted by Crippen LogP contribution is -2.24. The van der Waals surface area contributed by atoms with E-state index in [-0.39, 0.29) is 15.8 Å². The number of carbonyl (C=O) groups excluding carboxylic acids is 1. The third-order valence-electron chi connectivity index (χ3n) is 6.21. The highest BCUT2D eigenvalue weighted by Gasteiger charge is 2.28. The Morgan fingerprint density at radius 2 is 2.00 bits per heavy atom. The number of hydrogen-bond donors (Lipinski definition) is 1. The molecule has 33 heavy (non-hydrogen) atoms. The number of nitrogens with one attached hydrogen (secondary N) is 1. The van der Waals surface area contributed by atoms with Gasteiger partial charge in [-0.05, 0) is 49.0 Å². The average molecular weight is 490 g/mol. The zero-order chi connectivity index (χ0) is 23.4. The SMILES string of the molecule is CS(=O)(=O)c1ccc(C(CC2CCCC2)C(=O)Nc2cnc(C3=CCCCO3)cn2)cc1Cl. The van der Waals surface area contributed by atoms with E-state index in [1.807, 2.05) is 6.08 Å². The zero-order valence-electron chi connectivity index (χ0n) is 18.6. The summed E-state index contributed by atoms with van der Waals surface area (Å²) < 4.78 is 29.5. The molecule has 1 unspecified atom stereocenters. The minimum Gasteiger partial charge on any atom is -0.492 e. The van der Waals surface area contributed by atoms with Crippen LogP contribution in [0.5, 0.6) is 0 Å². The summed E-state index contributed by atoms with van der Waals surface area (Å²) in [5, 5.41) is 3.00. The normalized spacial score (nSPS) is 17.8. The van der Waals surface area contributed by atoms with Gasteiger partial charge in [0, 0.05) is 6.26 Å². The van der Waals surface area contributed by atoms with Gasteiger partial charge in [-0.1, -0.05) is 43.4 Å². The van der Waals surface area contributed by atoms with Crippen molar-refractivity contribution < 1.29 is 17.9 Å². The molecule has 2 aliphatic rings. The van der Waals surface area contributed by atoms with E-state index in [9.17, 15) is 13.2 Å². The number of hydrogen-bond acceptors (Lipinski definition) is 6.